The minimum Gasteiger partial charge on any atom is -0.474 e. The van der Waals surface area contributed by atoms with Crippen LogP contribution in [0.4, 0.5) is 0 Å². The van der Waals surface area contributed by atoms with Gasteiger partial charge >= 0.3 is 0 Å². The highest BCUT2D eigenvalue weighted by Crippen LogP contribution is 2.11. The summed E-state index contributed by atoms with van der Waals surface area (Å²) in [5, 5.41) is 9.17. The van der Waals surface area contributed by atoms with Gasteiger partial charge in [0.2, 0.25) is 5.69 Å². The van der Waals surface area contributed by atoms with Crippen molar-refractivity contribution in [2.24, 2.45) is 0 Å². The Kier molecular flexibility index (Phi) is 6.09. The van der Waals surface area contributed by atoms with Gasteiger partial charge in [-0.3, -0.25) is 4.79 Å². The van der Waals surface area contributed by atoms with E-state index in [2.05, 4.69) is 20.3 Å². The molecular weight excluding hydrogens is 186 g/mol. The van der Waals surface area contributed by atoms with Gasteiger partial charge in [0, 0.05) is 7.05 Å². The van der Waals surface area contributed by atoms with Crippen LogP contribution in [0.1, 0.15) is 31.3 Å². The lowest BCUT2D eigenvalue weighted by molar-refractivity contribution is 0.0950. The largest absolute Gasteiger partial charge is 0.474 e. The lowest BCUT2D eigenvalue weighted by Crippen LogP contribution is -2.19. The van der Waals surface area contributed by atoms with Crippen molar-refractivity contribution in [3.8, 4) is 5.88 Å². The third kappa shape index (κ3) is 3.04. The summed E-state index contributed by atoms with van der Waals surface area (Å²) in [6, 6.07) is 0. The van der Waals surface area contributed by atoms with Gasteiger partial charge in [0.15, 0.2) is 0 Å². The van der Waals surface area contributed by atoms with E-state index in [1.165, 1.54) is 7.05 Å². The summed E-state index contributed by atoms with van der Waals surface area (Å²) in [4.78, 5) is 11.0. The molecular formula is C8H15N3O3. The summed E-state index contributed by atoms with van der Waals surface area (Å²) in [6.45, 7) is 6.19. The molecule has 6 nitrogen and oxygen atoms in total. The molecule has 0 aliphatic heterocycles. The highest BCUT2D eigenvalue weighted by atomic mass is 16.6. The monoisotopic (exact) mass is 201 g/mol. The number of nitrogens with one attached hydrogen (secondary N) is 1. The predicted octanol–water partition coefficient (Wildman–Crippen LogP) is 0.854. The van der Waals surface area contributed by atoms with Crippen LogP contribution in [0.25, 0.3) is 0 Å². The minimum atomic E-state index is -0.375. The first kappa shape index (κ1) is 12.4. The molecule has 0 atom stereocenters. The van der Waals surface area contributed by atoms with Crippen molar-refractivity contribution in [3.63, 3.8) is 0 Å². The van der Waals surface area contributed by atoms with E-state index >= 15 is 0 Å². The molecule has 1 rings (SSSR count). The molecule has 6 heteroatoms. The van der Waals surface area contributed by atoms with E-state index in [0.717, 1.165) is 0 Å². The molecule has 0 saturated heterocycles. The Morgan fingerprint density at radius 3 is 2.64 bits per heavy atom. The van der Waals surface area contributed by atoms with Gasteiger partial charge in [-0.05, 0) is 17.2 Å². The fourth-order valence-electron chi connectivity index (χ4n) is 0.669. The average molecular weight is 201 g/mol. The van der Waals surface area contributed by atoms with Crippen LogP contribution >= 0.6 is 0 Å². The number of carbonyl (C=O) groups is 1. The number of hydrogen-bond acceptors (Lipinski definition) is 5. The van der Waals surface area contributed by atoms with E-state index in [1.54, 1.807) is 6.92 Å². The van der Waals surface area contributed by atoms with E-state index in [4.69, 9.17) is 4.74 Å². The molecule has 0 bridgehead atoms. The Hall–Kier alpha value is -1.59. The number of ether oxygens (including phenoxy) is 1. The maximum atomic E-state index is 11.0. The molecule has 0 saturated carbocycles. The average Bonchev–Trinajstić information content (AvgIpc) is 2.69. The van der Waals surface area contributed by atoms with Gasteiger partial charge in [0.1, 0.15) is 0 Å². The second-order valence-electron chi connectivity index (χ2n) is 1.93. The predicted molar refractivity (Wildman–Crippen MR) is 50.2 cm³/mol. The van der Waals surface area contributed by atoms with E-state index in [0.29, 0.717) is 6.61 Å². The van der Waals surface area contributed by atoms with Gasteiger partial charge in [-0.25, -0.2) is 4.63 Å². The fourth-order valence-corrected chi connectivity index (χ4v) is 0.669. The van der Waals surface area contributed by atoms with Crippen molar-refractivity contribution in [3.05, 3.63) is 5.69 Å². The van der Waals surface area contributed by atoms with Crippen molar-refractivity contribution in [2.45, 2.75) is 20.8 Å². The maximum Gasteiger partial charge on any atom is 0.289 e. The van der Waals surface area contributed by atoms with Crippen LogP contribution in [-0.2, 0) is 0 Å². The van der Waals surface area contributed by atoms with Crippen molar-refractivity contribution < 1.29 is 14.2 Å². The SMILES string of the molecule is CC.CCOc1nonc1C(=O)NC. The molecule has 0 radical (unpaired) electrons. The third-order valence-electron chi connectivity index (χ3n) is 1.18. The smallest absolute Gasteiger partial charge is 0.289 e. The number of amides is 1. The Balaban J connectivity index is 0.000000791. The quantitative estimate of drug-likeness (QED) is 0.784. The first-order valence-corrected chi connectivity index (χ1v) is 4.47. The molecule has 1 aromatic heterocycles. The molecule has 1 heterocycles. The van der Waals surface area contributed by atoms with Crippen LogP contribution in [0.2, 0.25) is 0 Å². The Morgan fingerprint density at radius 2 is 2.14 bits per heavy atom. The van der Waals surface area contributed by atoms with E-state index in [9.17, 15) is 4.79 Å². The summed E-state index contributed by atoms with van der Waals surface area (Å²) in [7, 11) is 1.49. The Morgan fingerprint density at radius 1 is 1.50 bits per heavy atom. The van der Waals surface area contributed by atoms with E-state index in [-0.39, 0.29) is 17.5 Å². The molecule has 0 aliphatic rings. The molecule has 1 N–H and O–H groups in total. The number of aromatic nitrogens is 2. The molecule has 0 spiro atoms. The topological polar surface area (TPSA) is 77.2 Å². The van der Waals surface area contributed by atoms with Crippen LogP contribution in [0.3, 0.4) is 0 Å². The molecule has 1 aromatic rings. The van der Waals surface area contributed by atoms with Gasteiger partial charge in [0.25, 0.3) is 11.8 Å². The summed E-state index contributed by atoms with van der Waals surface area (Å²) >= 11 is 0. The maximum absolute atomic E-state index is 11.0. The minimum absolute atomic E-state index is 0.0688. The first-order valence-electron chi connectivity index (χ1n) is 4.47. The number of rotatable bonds is 3. The first-order chi connectivity index (χ1) is 6.79. The molecule has 14 heavy (non-hydrogen) atoms. The highest BCUT2D eigenvalue weighted by molar-refractivity contribution is 5.93. The lowest BCUT2D eigenvalue weighted by atomic mass is 10.4. The van der Waals surface area contributed by atoms with Crippen LogP contribution in [-0.4, -0.2) is 29.9 Å². The van der Waals surface area contributed by atoms with Crippen LogP contribution < -0.4 is 10.1 Å². The molecule has 0 unspecified atom stereocenters. The van der Waals surface area contributed by atoms with Gasteiger partial charge in [-0.2, -0.15) is 0 Å². The Labute approximate surface area is 82.6 Å². The zero-order chi connectivity index (χ0) is 11.0. The summed E-state index contributed by atoms with van der Waals surface area (Å²) in [5.41, 5.74) is 0.0688. The van der Waals surface area contributed by atoms with Crippen LogP contribution in [0.5, 0.6) is 5.88 Å². The number of hydrogen-bond donors (Lipinski definition) is 1. The molecule has 0 aliphatic carbocycles. The van der Waals surface area contributed by atoms with Crippen LogP contribution in [0.15, 0.2) is 4.63 Å². The lowest BCUT2D eigenvalue weighted by Gasteiger charge is -1.97. The van der Waals surface area contributed by atoms with Crippen molar-refractivity contribution in [1.29, 1.82) is 0 Å². The van der Waals surface area contributed by atoms with Crippen LogP contribution in [0, 0.1) is 0 Å². The van der Waals surface area contributed by atoms with Crippen molar-refractivity contribution in [1.82, 2.24) is 15.6 Å². The van der Waals surface area contributed by atoms with Gasteiger partial charge < -0.3 is 10.1 Å². The number of nitrogens with zero attached hydrogens (tertiary/aromatic N) is 2. The molecule has 0 fully saturated rings. The van der Waals surface area contributed by atoms with Gasteiger partial charge in [-0.1, -0.05) is 13.8 Å². The number of carbonyl (C=O) groups excluding carboxylic acids is 1. The summed E-state index contributed by atoms with van der Waals surface area (Å²) < 4.78 is 9.31. The highest BCUT2D eigenvalue weighted by Gasteiger charge is 2.17. The summed E-state index contributed by atoms with van der Waals surface area (Å²) in [6.07, 6.45) is 0. The standard InChI is InChI=1S/C6H9N3O3.C2H6/c1-3-11-6-4(5(10)7-2)8-12-9-6;1-2/h3H2,1-2H3,(H,7,10);1-2H3. The zero-order valence-corrected chi connectivity index (χ0v) is 8.83. The summed E-state index contributed by atoms with van der Waals surface area (Å²) in [5.74, 6) is -0.253. The molecule has 0 aromatic carbocycles. The van der Waals surface area contributed by atoms with Crippen molar-refractivity contribution in [2.75, 3.05) is 13.7 Å². The fraction of sp³-hybridized carbons (Fsp3) is 0.625. The third-order valence-corrected chi connectivity index (χ3v) is 1.18. The van der Waals surface area contributed by atoms with E-state index < -0.39 is 0 Å². The Bertz CT molecular complexity index is 273. The second kappa shape index (κ2) is 6.88. The van der Waals surface area contributed by atoms with Crippen molar-refractivity contribution >= 4 is 5.91 Å². The molecule has 1 amide bonds. The zero-order valence-electron chi connectivity index (χ0n) is 8.83. The van der Waals surface area contributed by atoms with Gasteiger partial charge in [0.05, 0.1) is 6.61 Å². The normalized spacial score (nSPS) is 8.57. The van der Waals surface area contributed by atoms with Gasteiger partial charge in [-0.15, -0.1) is 0 Å². The molecule has 80 valence electrons. The van der Waals surface area contributed by atoms with E-state index in [1.807, 2.05) is 13.8 Å². The second-order valence-corrected chi connectivity index (χ2v) is 1.93.